The zero-order valence-corrected chi connectivity index (χ0v) is 32.6. The monoisotopic (exact) mass is 756 g/mol. The van der Waals surface area contributed by atoms with E-state index in [9.17, 15) is 23.7 Å². The SMILES string of the molecule is CC(C)(C)OC(=O)N1CCC2(CC1)Cc1ccc(Br)cc1C2=O.CC(C)(C)OC(=O)N1CCC2(CC1)Cc1ccc(P(C)(C)=O)cc1C2=O. The van der Waals surface area contributed by atoms with Gasteiger partial charge in [-0.2, -0.15) is 0 Å². The Bertz CT molecular complexity index is 1700. The van der Waals surface area contributed by atoms with Crippen molar-refractivity contribution >= 4 is 52.1 Å². The zero-order valence-electron chi connectivity index (χ0n) is 30.1. The van der Waals surface area contributed by atoms with E-state index in [1.54, 1.807) is 23.1 Å². The predicted octanol–water partition coefficient (Wildman–Crippen LogP) is 7.90. The van der Waals surface area contributed by atoms with Gasteiger partial charge in [0.15, 0.2) is 11.6 Å². The largest absolute Gasteiger partial charge is 0.444 e. The van der Waals surface area contributed by atoms with Crippen molar-refractivity contribution in [2.24, 2.45) is 10.8 Å². The van der Waals surface area contributed by atoms with Crippen LogP contribution in [0.1, 0.15) is 99.1 Å². The van der Waals surface area contributed by atoms with Crippen molar-refractivity contribution in [1.82, 2.24) is 9.80 Å². The Hall–Kier alpha value is -2.97. The summed E-state index contributed by atoms with van der Waals surface area (Å²) in [6.07, 6.45) is 3.61. The van der Waals surface area contributed by atoms with Crippen LogP contribution >= 0.6 is 23.1 Å². The Morgan fingerprint density at radius 3 is 1.47 bits per heavy atom. The Kier molecular flexibility index (Phi) is 10.1. The second kappa shape index (κ2) is 13.3. The first kappa shape index (κ1) is 37.3. The fraction of sp³-hybridized carbons (Fsp3) is 0.579. The molecule has 2 aliphatic carbocycles. The fourth-order valence-electron chi connectivity index (χ4n) is 7.34. The van der Waals surface area contributed by atoms with Crippen LogP contribution in [0.5, 0.6) is 0 Å². The summed E-state index contributed by atoms with van der Waals surface area (Å²) in [5, 5.41) is 0.757. The molecule has 0 unspecified atom stereocenters. The lowest BCUT2D eigenvalue weighted by Gasteiger charge is -2.38. The smallest absolute Gasteiger partial charge is 0.410 e. The van der Waals surface area contributed by atoms with Gasteiger partial charge in [-0.25, -0.2) is 9.59 Å². The van der Waals surface area contributed by atoms with Crippen molar-refractivity contribution in [2.75, 3.05) is 39.5 Å². The quantitative estimate of drug-likeness (QED) is 0.272. The van der Waals surface area contributed by atoms with Crippen molar-refractivity contribution in [1.29, 1.82) is 0 Å². The number of carbonyl (C=O) groups excluding carboxylic acids is 4. The number of halogens is 1. The van der Waals surface area contributed by atoms with Crippen molar-refractivity contribution in [3.05, 3.63) is 63.1 Å². The van der Waals surface area contributed by atoms with Crippen LogP contribution < -0.4 is 5.30 Å². The lowest BCUT2D eigenvalue weighted by molar-refractivity contribution is 0.0108. The highest BCUT2D eigenvalue weighted by atomic mass is 79.9. The number of hydrogen-bond donors (Lipinski definition) is 0. The van der Waals surface area contributed by atoms with E-state index in [1.165, 1.54) is 0 Å². The van der Waals surface area contributed by atoms with Gasteiger partial charge in [-0.05, 0) is 123 Å². The lowest BCUT2D eigenvalue weighted by Crippen LogP contribution is -2.47. The van der Waals surface area contributed by atoms with Crippen LogP contribution in [0, 0.1) is 10.8 Å². The summed E-state index contributed by atoms with van der Waals surface area (Å²) < 4.78 is 24.2. The van der Waals surface area contributed by atoms with E-state index < -0.39 is 23.8 Å². The summed E-state index contributed by atoms with van der Waals surface area (Å²) in [6.45, 7) is 16.8. The molecule has 2 fully saturated rings. The lowest BCUT2D eigenvalue weighted by atomic mass is 9.75. The van der Waals surface area contributed by atoms with E-state index in [2.05, 4.69) is 15.9 Å². The molecule has 0 bridgehead atoms. The van der Waals surface area contributed by atoms with Gasteiger partial charge in [-0.1, -0.05) is 34.1 Å². The third kappa shape index (κ3) is 8.17. The first-order valence-electron chi connectivity index (χ1n) is 17.1. The van der Waals surface area contributed by atoms with Crippen molar-refractivity contribution in [3.8, 4) is 0 Å². The van der Waals surface area contributed by atoms with Gasteiger partial charge in [0.25, 0.3) is 0 Å². The fourth-order valence-corrected chi connectivity index (χ4v) is 8.57. The standard InChI is InChI=1S/C20H28NO4P.C18H22BrNO3/c1-19(2,3)25-18(23)21-10-8-20(9-11-21)13-14-6-7-15(26(4,5)24)12-16(14)17(20)22;1-17(2,3)23-16(22)20-8-6-18(7-9-20)11-12-4-5-13(19)10-14(12)15(18)21/h6-7,12H,8-11,13H2,1-5H3;4-5,10H,6-9,11H2,1-3H3. The molecule has 0 radical (unpaired) electrons. The molecule has 2 saturated heterocycles. The summed E-state index contributed by atoms with van der Waals surface area (Å²) in [4.78, 5) is 53.9. The molecule has 6 rings (SSSR count). The number of Topliss-reactive ketones (excluding diaryl/α,β-unsaturated/α-hetero) is 2. The highest BCUT2D eigenvalue weighted by Crippen LogP contribution is 2.47. The Labute approximate surface area is 299 Å². The number of carbonyl (C=O) groups is 4. The molecule has 2 aromatic carbocycles. The predicted molar refractivity (Wildman–Crippen MR) is 195 cm³/mol. The van der Waals surface area contributed by atoms with Crippen LogP contribution in [0.3, 0.4) is 0 Å². The Morgan fingerprint density at radius 1 is 0.694 bits per heavy atom. The van der Waals surface area contributed by atoms with Crippen LogP contribution in [0.15, 0.2) is 40.9 Å². The number of benzene rings is 2. The Balaban J connectivity index is 0.000000192. The molecule has 2 heterocycles. The normalized spacial score (nSPS) is 19.7. The van der Waals surface area contributed by atoms with Crippen LogP contribution in [-0.2, 0) is 26.9 Å². The first-order chi connectivity index (χ1) is 22.6. The minimum atomic E-state index is -2.39. The second-order valence-electron chi connectivity index (χ2n) is 16.5. The summed E-state index contributed by atoms with van der Waals surface area (Å²) in [5.74, 6) is 0.379. The van der Waals surface area contributed by atoms with Crippen molar-refractivity contribution in [2.45, 2.75) is 91.3 Å². The molecule has 2 amide bonds. The Morgan fingerprint density at radius 2 is 1.08 bits per heavy atom. The van der Waals surface area contributed by atoms with E-state index in [1.807, 2.05) is 77.9 Å². The molecular weight excluding hydrogens is 707 g/mol. The average Bonchev–Trinajstić information content (AvgIpc) is 3.41. The van der Waals surface area contributed by atoms with E-state index in [-0.39, 0.29) is 29.2 Å². The third-order valence-corrected chi connectivity index (χ3v) is 12.1. The van der Waals surface area contributed by atoms with Gasteiger partial charge in [0.1, 0.15) is 18.3 Å². The van der Waals surface area contributed by atoms with Gasteiger partial charge in [-0.15, -0.1) is 0 Å². The van der Waals surface area contributed by atoms with Crippen molar-refractivity contribution < 1.29 is 33.2 Å². The number of ether oxygens (including phenoxy) is 2. The summed E-state index contributed by atoms with van der Waals surface area (Å²) in [6, 6.07) is 11.6. The number of hydrogen-bond acceptors (Lipinski definition) is 7. The third-order valence-electron chi connectivity index (χ3n) is 10.0. The van der Waals surface area contributed by atoms with E-state index in [4.69, 9.17) is 9.47 Å². The minimum Gasteiger partial charge on any atom is -0.444 e. The van der Waals surface area contributed by atoms with Crippen LogP contribution in [0.4, 0.5) is 9.59 Å². The molecule has 0 saturated carbocycles. The molecule has 9 nitrogen and oxygen atoms in total. The molecule has 49 heavy (non-hydrogen) atoms. The van der Waals surface area contributed by atoms with Gasteiger partial charge >= 0.3 is 12.2 Å². The maximum absolute atomic E-state index is 13.1. The number of nitrogens with zero attached hydrogens (tertiary/aromatic N) is 2. The molecular formula is C38H50BrN2O7P. The summed E-state index contributed by atoms with van der Waals surface area (Å²) in [5.41, 5.74) is 1.96. The average molecular weight is 758 g/mol. The molecule has 0 aromatic heterocycles. The number of rotatable bonds is 1. The molecule has 2 aromatic rings. The molecule has 4 aliphatic rings. The number of likely N-dealkylation sites (tertiary alicyclic amines) is 2. The molecule has 0 N–H and O–H groups in total. The van der Waals surface area contributed by atoms with Gasteiger partial charge in [0.2, 0.25) is 0 Å². The van der Waals surface area contributed by atoms with Gasteiger partial charge in [0.05, 0.1) is 0 Å². The topological polar surface area (TPSA) is 110 Å². The molecule has 11 heteroatoms. The maximum Gasteiger partial charge on any atom is 0.410 e. The van der Waals surface area contributed by atoms with E-state index in [0.717, 1.165) is 38.5 Å². The molecule has 2 aliphatic heterocycles. The highest BCUT2D eigenvalue weighted by Gasteiger charge is 2.49. The van der Waals surface area contributed by atoms with Crippen LogP contribution in [0.25, 0.3) is 0 Å². The molecule has 0 atom stereocenters. The molecule has 266 valence electrons. The number of piperidine rings is 2. The summed E-state index contributed by atoms with van der Waals surface area (Å²) >= 11 is 3.44. The van der Waals surface area contributed by atoms with Gasteiger partial charge < -0.3 is 23.8 Å². The highest BCUT2D eigenvalue weighted by molar-refractivity contribution is 9.10. The summed E-state index contributed by atoms with van der Waals surface area (Å²) in [7, 11) is -2.39. The van der Waals surface area contributed by atoms with E-state index >= 15 is 0 Å². The first-order valence-corrected chi connectivity index (χ1v) is 20.5. The van der Waals surface area contributed by atoms with Crippen LogP contribution in [-0.4, -0.2) is 84.3 Å². The van der Waals surface area contributed by atoms with Gasteiger partial charge in [0, 0.05) is 57.9 Å². The van der Waals surface area contributed by atoms with Gasteiger partial charge in [-0.3, -0.25) is 9.59 Å². The minimum absolute atomic E-state index is 0.145. The zero-order chi connectivity index (χ0) is 36.2. The number of fused-ring (bicyclic) bond motifs is 2. The number of ketones is 2. The van der Waals surface area contributed by atoms with Crippen LogP contribution in [0.2, 0.25) is 0 Å². The van der Waals surface area contributed by atoms with Crippen molar-refractivity contribution in [3.63, 3.8) is 0 Å². The second-order valence-corrected chi connectivity index (χ2v) is 20.6. The maximum atomic E-state index is 13.1. The van der Waals surface area contributed by atoms with E-state index in [0.29, 0.717) is 58.3 Å². The number of amides is 2. The molecule has 2 spiro atoms.